The van der Waals surface area contributed by atoms with Gasteiger partial charge in [-0.25, -0.2) is 9.37 Å². The van der Waals surface area contributed by atoms with Crippen LogP contribution in [0.3, 0.4) is 0 Å². The number of nitrogens with two attached hydrogens (primary N) is 1. The van der Waals surface area contributed by atoms with E-state index in [9.17, 15) is 14.3 Å². The molecule has 25 heavy (non-hydrogen) atoms. The monoisotopic (exact) mass is 408 g/mol. The minimum absolute atomic E-state index is 0.0907. The lowest BCUT2D eigenvalue weighted by Gasteiger charge is -2.24. The van der Waals surface area contributed by atoms with E-state index >= 15 is 0 Å². The van der Waals surface area contributed by atoms with Crippen molar-refractivity contribution in [3.05, 3.63) is 47.4 Å². The first-order valence-corrected chi connectivity index (χ1v) is 8.84. The Morgan fingerprint density at radius 2 is 2.12 bits per heavy atom. The summed E-state index contributed by atoms with van der Waals surface area (Å²) in [5, 5.41) is 10.9. The minimum Gasteiger partial charge on any atom is -0.489 e. The molecular formula is C18H18BrFN2O3. The lowest BCUT2D eigenvalue weighted by molar-refractivity contribution is -0.123. The van der Waals surface area contributed by atoms with Gasteiger partial charge in [-0.2, -0.15) is 0 Å². The van der Waals surface area contributed by atoms with Gasteiger partial charge in [0.15, 0.2) is 0 Å². The van der Waals surface area contributed by atoms with E-state index in [-0.39, 0.29) is 17.8 Å². The van der Waals surface area contributed by atoms with E-state index in [1.807, 2.05) is 0 Å². The molecule has 2 aromatic rings. The van der Waals surface area contributed by atoms with E-state index in [0.717, 1.165) is 0 Å². The molecule has 0 saturated carbocycles. The molecule has 3 rings (SSSR count). The van der Waals surface area contributed by atoms with Crippen molar-refractivity contribution in [1.82, 2.24) is 4.98 Å². The summed E-state index contributed by atoms with van der Waals surface area (Å²) in [6, 6.07) is 7.45. The average molecular weight is 409 g/mol. The number of aliphatic hydroxyl groups is 1. The molecule has 1 aliphatic heterocycles. The van der Waals surface area contributed by atoms with Crippen LogP contribution in [0.5, 0.6) is 5.75 Å². The lowest BCUT2D eigenvalue weighted by Crippen LogP contribution is -2.40. The zero-order valence-corrected chi connectivity index (χ0v) is 15.4. The van der Waals surface area contributed by atoms with Gasteiger partial charge in [0.2, 0.25) is 5.91 Å². The number of hydrogen-bond donors (Lipinski definition) is 2. The molecule has 5 nitrogen and oxygen atoms in total. The van der Waals surface area contributed by atoms with Crippen molar-refractivity contribution in [3.8, 4) is 17.0 Å². The summed E-state index contributed by atoms with van der Waals surface area (Å²) in [6.07, 6.45) is 0. The maximum absolute atomic E-state index is 13.3. The second kappa shape index (κ2) is 6.07. The minimum atomic E-state index is -1.26. The smallest absolute Gasteiger partial charge is 0.231 e. The highest BCUT2D eigenvalue weighted by molar-refractivity contribution is 9.09. The van der Waals surface area contributed by atoms with Gasteiger partial charge in [-0.1, -0.05) is 15.9 Å². The number of halogens is 2. The molecule has 0 spiro atoms. The van der Waals surface area contributed by atoms with E-state index in [1.165, 1.54) is 12.1 Å². The molecule has 2 atom stereocenters. The predicted molar refractivity (Wildman–Crippen MR) is 95.0 cm³/mol. The van der Waals surface area contributed by atoms with Gasteiger partial charge in [-0.05, 0) is 44.2 Å². The Hall–Kier alpha value is -1.99. The highest BCUT2D eigenvalue weighted by atomic mass is 79.9. The van der Waals surface area contributed by atoms with Gasteiger partial charge in [0.25, 0.3) is 0 Å². The summed E-state index contributed by atoms with van der Waals surface area (Å²) in [4.78, 5) is 16.5. The third-order valence-electron chi connectivity index (χ3n) is 4.55. The van der Waals surface area contributed by atoms with E-state index in [1.54, 1.807) is 32.0 Å². The highest BCUT2D eigenvalue weighted by Crippen LogP contribution is 2.45. The van der Waals surface area contributed by atoms with E-state index in [2.05, 4.69) is 20.9 Å². The molecule has 7 heteroatoms. The lowest BCUT2D eigenvalue weighted by atomic mass is 9.82. The Morgan fingerprint density at radius 1 is 1.48 bits per heavy atom. The molecule has 3 N–H and O–H groups in total. The van der Waals surface area contributed by atoms with Crippen LogP contribution >= 0.6 is 15.9 Å². The zero-order chi connectivity index (χ0) is 18.4. The molecule has 1 aromatic carbocycles. The van der Waals surface area contributed by atoms with E-state index < -0.39 is 16.9 Å². The molecule has 0 fully saturated rings. The molecule has 0 radical (unpaired) electrons. The second-order valence-electron chi connectivity index (χ2n) is 6.63. The summed E-state index contributed by atoms with van der Waals surface area (Å²) in [5.74, 6) is -0.458. The molecule has 2 heterocycles. The fourth-order valence-corrected chi connectivity index (χ4v) is 3.02. The third-order valence-corrected chi connectivity index (χ3v) is 5.64. The fraction of sp³-hybridized carbons (Fsp3) is 0.333. The van der Waals surface area contributed by atoms with Gasteiger partial charge in [0.05, 0.1) is 5.69 Å². The Labute approximate surface area is 153 Å². The topological polar surface area (TPSA) is 85.4 Å². The van der Waals surface area contributed by atoms with Gasteiger partial charge < -0.3 is 15.6 Å². The Bertz CT molecular complexity index is 839. The van der Waals surface area contributed by atoms with Crippen LogP contribution < -0.4 is 10.5 Å². The maximum Gasteiger partial charge on any atom is 0.231 e. The average Bonchev–Trinajstić information content (AvgIpc) is 2.93. The van der Waals surface area contributed by atoms with Crippen LogP contribution in [0, 0.1) is 5.82 Å². The number of rotatable bonds is 4. The fourth-order valence-electron chi connectivity index (χ4n) is 2.74. The summed E-state index contributed by atoms with van der Waals surface area (Å²) in [5.41, 5.74) is 5.32. The number of benzene rings is 1. The first-order chi connectivity index (χ1) is 11.7. The van der Waals surface area contributed by atoms with Gasteiger partial charge in [-0.15, -0.1) is 0 Å². The molecule has 0 aliphatic carbocycles. The molecule has 0 saturated heterocycles. The van der Waals surface area contributed by atoms with Crippen LogP contribution in [0.4, 0.5) is 4.39 Å². The number of primary amides is 1. The third kappa shape index (κ3) is 2.91. The molecule has 0 unspecified atom stereocenters. The van der Waals surface area contributed by atoms with Crippen molar-refractivity contribution >= 4 is 21.8 Å². The first kappa shape index (κ1) is 17.8. The normalized spacial score (nSPS) is 21.3. The Morgan fingerprint density at radius 3 is 2.68 bits per heavy atom. The van der Waals surface area contributed by atoms with Crippen LogP contribution in [0.2, 0.25) is 0 Å². The quantitative estimate of drug-likeness (QED) is 0.761. The van der Waals surface area contributed by atoms with Gasteiger partial charge >= 0.3 is 0 Å². The van der Waals surface area contributed by atoms with Crippen molar-refractivity contribution in [3.63, 3.8) is 0 Å². The van der Waals surface area contributed by atoms with Crippen molar-refractivity contribution < 1.29 is 19.0 Å². The molecule has 0 bridgehead atoms. The second-order valence-corrected chi connectivity index (χ2v) is 7.19. The maximum atomic E-state index is 13.3. The van der Waals surface area contributed by atoms with Gasteiger partial charge in [0, 0.05) is 16.5 Å². The van der Waals surface area contributed by atoms with E-state index in [0.29, 0.717) is 28.3 Å². The predicted octanol–water partition coefficient (Wildman–Crippen LogP) is 2.63. The summed E-state index contributed by atoms with van der Waals surface area (Å²) in [6.45, 7) is 3.40. The van der Waals surface area contributed by atoms with Crippen molar-refractivity contribution in [1.29, 1.82) is 0 Å². The van der Waals surface area contributed by atoms with Crippen LogP contribution in [-0.2, 0) is 15.8 Å². The number of pyridine rings is 1. The van der Waals surface area contributed by atoms with E-state index in [4.69, 9.17) is 10.5 Å². The molecule has 1 amide bonds. The van der Waals surface area contributed by atoms with Crippen LogP contribution in [0.1, 0.15) is 25.1 Å². The molecular weight excluding hydrogens is 391 g/mol. The standard InChI is InChI=1S/C18H18BrFN2O3/c1-17(16(21)23)9-25-15-12(17)7-13(18(2,24)8-19)22-14(15)10-3-5-11(20)6-4-10/h3-7,24H,8-9H2,1-2H3,(H2,21,23)/t17-,18+/m0/s1. The summed E-state index contributed by atoms with van der Waals surface area (Å²) in [7, 11) is 0. The van der Waals surface area contributed by atoms with Crippen molar-refractivity contribution in [2.75, 3.05) is 11.9 Å². The van der Waals surface area contributed by atoms with Gasteiger partial charge in [0.1, 0.15) is 34.9 Å². The Balaban J connectivity index is 2.29. The molecule has 1 aliphatic rings. The number of alkyl halides is 1. The van der Waals surface area contributed by atoms with Crippen LogP contribution in [0.15, 0.2) is 30.3 Å². The number of amides is 1. The number of carbonyl (C=O) groups excluding carboxylic acids is 1. The zero-order valence-electron chi connectivity index (χ0n) is 13.8. The SMILES string of the molecule is C[C@@](O)(CBr)c1cc2c(c(-c3ccc(F)cc3)n1)OC[C@]2(C)C(N)=O. The number of fused-ring (bicyclic) bond motifs is 1. The summed E-state index contributed by atoms with van der Waals surface area (Å²) >= 11 is 3.27. The van der Waals surface area contributed by atoms with Gasteiger partial charge in [-0.3, -0.25) is 4.79 Å². The first-order valence-electron chi connectivity index (χ1n) is 7.72. The molecule has 1 aromatic heterocycles. The highest BCUT2D eigenvalue weighted by Gasteiger charge is 2.44. The largest absolute Gasteiger partial charge is 0.489 e. The van der Waals surface area contributed by atoms with Crippen molar-refractivity contribution in [2.24, 2.45) is 5.73 Å². The number of hydrogen-bond acceptors (Lipinski definition) is 4. The number of nitrogens with zero attached hydrogens (tertiary/aromatic N) is 1. The van der Waals surface area contributed by atoms with Crippen LogP contribution in [0.25, 0.3) is 11.3 Å². The summed E-state index contributed by atoms with van der Waals surface area (Å²) < 4.78 is 19.0. The number of carbonyl (C=O) groups is 1. The molecule has 132 valence electrons. The number of aromatic nitrogens is 1. The Kier molecular flexibility index (Phi) is 4.33. The number of ether oxygens (including phenoxy) is 1. The van der Waals surface area contributed by atoms with Crippen molar-refractivity contribution in [2.45, 2.75) is 24.9 Å². The van der Waals surface area contributed by atoms with Crippen LogP contribution in [-0.4, -0.2) is 27.9 Å².